The molecule has 17 unspecified atom stereocenters. The second-order valence-corrected chi connectivity index (χ2v) is 26.8. The summed E-state index contributed by atoms with van der Waals surface area (Å²) in [6.45, 7) is 1.83. The van der Waals surface area contributed by atoms with Crippen LogP contribution in [0, 0.1) is 0 Å². The molecule has 3 aliphatic heterocycles. The highest BCUT2D eigenvalue weighted by molar-refractivity contribution is 5.76. The number of hydrogen-bond donors (Lipinski definition) is 12. The lowest BCUT2D eigenvalue weighted by atomic mass is 9.96. The van der Waals surface area contributed by atoms with Crippen molar-refractivity contribution >= 4 is 5.91 Å². The molecule has 0 saturated carbocycles. The van der Waals surface area contributed by atoms with Crippen molar-refractivity contribution < 1.29 is 89.4 Å². The van der Waals surface area contributed by atoms with Crippen molar-refractivity contribution in [2.75, 3.05) is 26.4 Å². The molecule has 12 N–H and O–H groups in total. The highest BCUT2D eigenvalue weighted by atomic mass is 16.8. The van der Waals surface area contributed by atoms with E-state index in [0.717, 1.165) is 44.9 Å². The monoisotopic (exact) mass is 1280 g/mol. The van der Waals surface area contributed by atoms with E-state index >= 15 is 0 Å². The number of amides is 1. The minimum Gasteiger partial charge on any atom is -0.394 e. The fourth-order valence-corrected chi connectivity index (χ4v) is 13.0. The Balaban J connectivity index is 1.34. The van der Waals surface area contributed by atoms with Crippen LogP contribution < -0.4 is 5.32 Å². The number of aliphatic hydroxyl groups is 11. The smallest absolute Gasteiger partial charge is 0.220 e. The van der Waals surface area contributed by atoms with Gasteiger partial charge in [0.25, 0.3) is 0 Å². The molecule has 0 bridgehead atoms. The van der Waals surface area contributed by atoms with E-state index in [4.69, 9.17) is 28.4 Å². The summed E-state index contributed by atoms with van der Waals surface area (Å²) in [5.74, 6) is -0.236. The van der Waals surface area contributed by atoms with Crippen LogP contribution in [0.4, 0.5) is 0 Å². The molecule has 0 aromatic rings. The first kappa shape index (κ1) is 82.0. The van der Waals surface area contributed by atoms with Crippen molar-refractivity contribution in [3.63, 3.8) is 0 Å². The van der Waals surface area contributed by atoms with Crippen LogP contribution in [-0.2, 0) is 33.2 Å². The maximum atomic E-state index is 13.4. The molecule has 17 atom stereocenters. The molecule has 3 rings (SSSR count). The average molecular weight is 1280 g/mol. The third-order valence-electron chi connectivity index (χ3n) is 18.9. The molecule has 0 aromatic heterocycles. The highest BCUT2D eigenvalue weighted by Gasteiger charge is 2.53. The van der Waals surface area contributed by atoms with Crippen molar-refractivity contribution in [3.05, 3.63) is 0 Å². The Kier molecular flexibility index (Phi) is 48.8. The van der Waals surface area contributed by atoms with Gasteiger partial charge in [0.2, 0.25) is 5.91 Å². The fraction of sp³-hybridized carbons (Fsp3) is 0.986. The number of carbonyl (C=O) groups excluding carboxylic acids is 1. The predicted molar refractivity (Wildman–Crippen MR) is 347 cm³/mol. The van der Waals surface area contributed by atoms with E-state index in [0.29, 0.717) is 12.8 Å². The molecule has 0 aliphatic carbocycles. The molecule has 19 heteroatoms. The van der Waals surface area contributed by atoms with Gasteiger partial charge in [0.1, 0.15) is 73.2 Å². The van der Waals surface area contributed by atoms with Crippen LogP contribution in [0.3, 0.4) is 0 Å². The third kappa shape index (κ3) is 34.9. The molecule has 3 aliphatic rings. The van der Waals surface area contributed by atoms with Gasteiger partial charge in [-0.05, 0) is 12.8 Å². The van der Waals surface area contributed by atoms with Crippen LogP contribution in [0.25, 0.3) is 0 Å². The van der Waals surface area contributed by atoms with Crippen molar-refractivity contribution in [1.29, 1.82) is 0 Å². The lowest BCUT2D eigenvalue weighted by molar-refractivity contribution is -0.379. The second kappa shape index (κ2) is 53.0. The van der Waals surface area contributed by atoms with Gasteiger partial charge in [-0.3, -0.25) is 4.79 Å². The van der Waals surface area contributed by atoms with Crippen LogP contribution in [0.2, 0.25) is 0 Å². The highest BCUT2D eigenvalue weighted by Crippen LogP contribution is 2.33. The number of nitrogens with one attached hydrogen (secondary N) is 1. The number of hydrogen-bond acceptors (Lipinski definition) is 18. The minimum atomic E-state index is -1.97. The van der Waals surface area contributed by atoms with Gasteiger partial charge in [-0.25, -0.2) is 0 Å². The molecule has 1 amide bonds. The van der Waals surface area contributed by atoms with Crippen LogP contribution in [0.1, 0.15) is 309 Å². The minimum absolute atomic E-state index is 0.236. The Morgan fingerprint density at radius 3 is 0.978 bits per heavy atom. The zero-order valence-corrected chi connectivity index (χ0v) is 55.9. The summed E-state index contributed by atoms with van der Waals surface area (Å²) >= 11 is 0. The summed E-state index contributed by atoms with van der Waals surface area (Å²) in [5.41, 5.74) is 0. The van der Waals surface area contributed by atoms with Crippen LogP contribution >= 0.6 is 0 Å². The summed E-state index contributed by atoms with van der Waals surface area (Å²) in [6.07, 6.45) is 30.7. The number of ether oxygens (including phenoxy) is 6. The second-order valence-electron chi connectivity index (χ2n) is 26.8. The van der Waals surface area contributed by atoms with E-state index < -0.39 is 124 Å². The Morgan fingerprint density at radius 2 is 0.640 bits per heavy atom. The van der Waals surface area contributed by atoms with Gasteiger partial charge in [0.15, 0.2) is 18.9 Å². The zero-order chi connectivity index (χ0) is 64.7. The van der Waals surface area contributed by atoms with E-state index in [9.17, 15) is 61.0 Å². The Hall–Kier alpha value is -1.21. The van der Waals surface area contributed by atoms with Gasteiger partial charge in [0, 0.05) is 6.42 Å². The van der Waals surface area contributed by atoms with Gasteiger partial charge >= 0.3 is 0 Å². The molecule has 3 heterocycles. The zero-order valence-electron chi connectivity index (χ0n) is 55.9. The van der Waals surface area contributed by atoms with Crippen molar-refractivity contribution in [3.8, 4) is 0 Å². The van der Waals surface area contributed by atoms with E-state index in [1.54, 1.807) is 0 Å². The molecule has 3 saturated heterocycles. The van der Waals surface area contributed by atoms with Gasteiger partial charge < -0.3 is 89.9 Å². The Labute approximate surface area is 538 Å². The van der Waals surface area contributed by atoms with Crippen molar-refractivity contribution in [2.45, 2.75) is 413 Å². The summed E-state index contributed by atoms with van der Waals surface area (Å²) in [7, 11) is 0. The van der Waals surface area contributed by atoms with E-state index in [2.05, 4.69) is 19.2 Å². The molecule has 19 nitrogen and oxygen atoms in total. The summed E-state index contributed by atoms with van der Waals surface area (Å²) in [4.78, 5) is 13.4. The van der Waals surface area contributed by atoms with Crippen LogP contribution in [-0.4, -0.2) is 193 Å². The number of aliphatic hydroxyl groups excluding tert-OH is 11. The molecular weight excluding hydrogens is 1140 g/mol. The van der Waals surface area contributed by atoms with E-state index in [1.165, 1.54) is 231 Å². The topological polar surface area (TPSA) is 307 Å². The predicted octanol–water partition coefficient (Wildman–Crippen LogP) is 10.3. The normalized spacial score (nSPS) is 28.1. The Morgan fingerprint density at radius 1 is 0.360 bits per heavy atom. The molecule has 0 spiro atoms. The third-order valence-corrected chi connectivity index (χ3v) is 18.9. The molecule has 0 aromatic carbocycles. The van der Waals surface area contributed by atoms with Crippen molar-refractivity contribution in [2.24, 2.45) is 0 Å². The van der Waals surface area contributed by atoms with Gasteiger partial charge in [-0.1, -0.05) is 290 Å². The van der Waals surface area contributed by atoms with Crippen LogP contribution in [0.15, 0.2) is 0 Å². The molecule has 3 fully saturated rings. The number of rotatable bonds is 58. The molecule has 528 valence electrons. The van der Waals surface area contributed by atoms with Gasteiger partial charge in [-0.15, -0.1) is 0 Å². The molecule has 89 heavy (non-hydrogen) atoms. The summed E-state index contributed by atoms with van der Waals surface area (Å²) in [5, 5.41) is 121. The number of carbonyl (C=O) groups is 1. The lowest BCUT2D eigenvalue weighted by Gasteiger charge is -2.48. The summed E-state index contributed by atoms with van der Waals surface area (Å²) < 4.78 is 34.4. The van der Waals surface area contributed by atoms with Crippen molar-refractivity contribution in [1.82, 2.24) is 5.32 Å². The molecule has 0 radical (unpaired) electrons. The Bertz CT molecular complexity index is 1620. The van der Waals surface area contributed by atoms with E-state index in [1.807, 2.05) is 0 Å². The van der Waals surface area contributed by atoms with E-state index in [-0.39, 0.29) is 18.9 Å². The standard InChI is InChI=1S/C70H135NO18/c1-3-5-7-9-11-13-15-17-18-19-20-21-22-23-24-25-26-27-28-29-30-31-32-33-34-36-38-40-42-44-46-48-58(76)71-53(54(75)47-45-43-41-39-37-35-16-14-12-10-8-6-4-2)52-84-68-64(82)61(79)66(56(50-73)86-68)89-70-65(83)62(80)67(57(51-74)87-70)88-69-63(81)60(78)59(77)55(49-72)85-69/h53-57,59-70,72-75,77-83H,3-52H2,1-2H3,(H,71,76). The van der Waals surface area contributed by atoms with Crippen LogP contribution in [0.5, 0.6) is 0 Å². The first-order chi connectivity index (χ1) is 43.3. The number of unbranched alkanes of at least 4 members (excludes halogenated alkanes) is 42. The first-order valence-corrected chi connectivity index (χ1v) is 36.8. The largest absolute Gasteiger partial charge is 0.394 e. The summed E-state index contributed by atoms with van der Waals surface area (Å²) in [6, 6.07) is -0.881. The van der Waals surface area contributed by atoms with Gasteiger partial charge in [0.05, 0.1) is 38.6 Å². The lowest BCUT2D eigenvalue weighted by Crippen LogP contribution is -2.66. The van der Waals surface area contributed by atoms with Gasteiger partial charge in [-0.2, -0.15) is 0 Å². The SMILES string of the molecule is CCCCCCCCCCCCCCCCCCCCCCCCCCCCCCCCCC(=O)NC(COC1OC(CO)C(OC2OC(CO)C(OC3OC(CO)C(O)C(O)C3O)C(O)C2O)C(O)C1O)C(O)CCCCCCCCCCCCCCC. The average Bonchev–Trinajstić information content (AvgIpc) is 1.92. The maximum absolute atomic E-state index is 13.4. The molecular formula is C70H135NO18. The first-order valence-electron chi connectivity index (χ1n) is 36.8. The maximum Gasteiger partial charge on any atom is 0.220 e. The quantitative estimate of drug-likeness (QED) is 0.0252. The fourth-order valence-electron chi connectivity index (χ4n) is 13.0.